The van der Waals surface area contributed by atoms with Crippen molar-refractivity contribution in [1.82, 2.24) is 9.62 Å². The Morgan fingerprint density at radius 3 is 2.82 bits per heavy atom. The Bertz CT molecular complexity index is 630. The molecule has 1 saturated heterocycles. The van der Waals surface area contributed by atoms with Crippen molar-refractivity contribution in [2.75, 3.05) is 26.0 Å². The molecule has 1 aromatic rings. The second-order valence-electron chi connectivity index (χ2n) is 5.41. The van der Waals surface area contributed by atoms with Crippen LogP contribution >= 0.6 is 0 Å². The number of hydrogen-bond acceptors (Lipinski definition) is 4. The molecule has 1 aliphatic rings. The first-order chi connectivity index (χ1) is 10.4. The first kappa shape index (κ1) is 16.8. The van der Waals surface area contributed by atoms with Gasteiger partial charge in [0.1, 0.15) is 5.75 Å². The lowest BCUT2D eigenvalue weighted by Crippen LogP contribution is -2.49. The normalized spacial score (nSPS) is 19.0. The van der Waals surface area contributed by atoms with Gasteiger partial charge in [-0.2, -0.15) is 0 Å². The highest BCUT2D eigenvalue weighted by Gasteiger charge is 2.27. The van der Waals surface area contributed by atoms with Crippen LogP contribution in [0.3, 0.4) is 0 Å². The summed E-state index contributed by atoms with van der Waals surface area (Å²) in [6.07, 6.45) is 2.65. The molecular weight excluding hydrogens is 304 g/mol. The van der Waals surface area contributed by atoms with Gasteiger partial charge in [-0.25, -0.2) is 13.1 Å². The lowest BCUT2D eigenvalue weighted by atomic mass is 10.0. The first-order valence-corrected chi connectivity index (χ1v) is 9.28. The average molecular weight is 326 g/mol. The average Bonchev–Trinajstić information content (AvgIpc) is 2.46. The molecule has 0 bridgehead atoms. The van der Waals surface area contributed by atoms with Gasteiger partial charge in [0.05, 0.1) is 18.4 Å². The summed E-state index contributed by atoms with van der Waals surface area (Å²) < 4.78 is 30.8. The van der Waals surface area contributed by atoms with Crippen molar-refractivity contribution < 1.29 is 17.9 Å². The smallest absolute Gasteiger partial charge is 0.257 e. The fourth-order valence-corrected chi connectivity index (χ4v) is 3.45. The van der Waals surface area contributed by atoms with E-state index in [0.717, 1.165) is 19.1 Å². The van der Waals surface area contributed by atoms with E-state index in [2.05, 4.69) is 4.72 Å². The van der Waals surface area contributed by atoms with Gasteiger partial charge >= 0.3 is 0 Å². The van der Waals surface area contributed by atoms with E-state index in [0.29, 0.717) is 31.0 Å². The molecule has 6 nitrogen and oxygen atoms in total. The van der Waals surface area contributed by atoms with E-state index in [1.165, 1.54) is 0 Å². The van der Waals surface area contributed by atoms with E-state index in [9.17, 15) is 13.2 Å². The molecule has 1 amide bonds. The van der Waals surface area contributed by atoms with Crippen molar-refractivity contribution in [2.45, 2.75) is 25.8 Å². The highest BCUT2D eigenvalue weighted by atomic mass is 32.2. The molecule has 0 unspecified atom stereocenters. The molecule has 7 heteroatoms. The van der Waals surface area contributed by atoms with Crippen LogP contribution in [0.1, 0.15) is 30.1 Å². The number of nitrogens with one attached hydrogen (secondary N) is 1. The number of carbonyl (C=O) groups is 1. The molecule has 0 radical (unpaired) electrons. The topological polar surface area (TPSA) is 75.7 Å². The van der Waals surface area contributed by atoms with Crippen LogP contribution in [0.25, 0.3) is 0 Å². The minimum Gasteiger partial charge on any atom is -0.493 e. The number of likely N-dealkylation sites (tertiary alicyclic amines) is 1. The van der Waals surface area contributed by atoms with Gasteiger partial charge in [-0.1, -0.05) is 12.1 Å². The molecule has 1 aromatic carbocycles. The van der Waals surface area contributed by atoms with Gasteiger partial charge < -0.3 is 9.64 Å². The van der Waals surface area contributed by atoms with Gasteiger partial charge in [-0.05, 0) is 31.9 Å². The SMILES string of the molecule is CCOc1ccccc1C(=O)N1CCC[C@H](NS(C)(=O)=O)C1. The van der Waals surface area contributed by atoms with Crippen LogP contribution in [-0.2, 0) is 10.0 Å². The molecule has 1 fully saturated rings. The van der Waals surface area contributed by atoms with Crippen molar-refractivity contribution in [3.05, 3.63) is 29.8 Å². The molecule has 1 atom stereocenters. The van der Waals surface area contributed by atoms with Crippen LogP contribution in [0.2, 0.25) is 0 Å². The Morgan fingerprint density at radius 2 is 2.14 bits per heavy atom. The second-order valence-corrected chi connectivity index (χ2v) is 7.19. The van der Waals surface area contributed by atoms with E-state index < -0.39 is 10.0 Å². The summed E-state index contributed by atoms with van der Waals surface area (Å²) in [5.74, 6) is 0.442. The Balaban J connectivity index is 2.12. The van der Waals surface area contributed by atoms with Crippen LogP contribution in [0.15, 0.2) is 24.3 Å². The fraction of sp³-hybridized carbons (Fsp3) is 0.533. The molecule has 1 N–H and O–H groups in total. The molecule has 22 heavy (non-hydrogen) atoms. The maximum absolute atomic E-state index is 12.7. The summed E-state index contributed by atoms with van der Waals surface area (Å²) in [6.45, 7) is 3.37. The largest absolute Gasteiger partial charge is 0.493 e. The number of sulfonamides is 1. The molecular formula is C15H22N2O4S. The molecule has 122 valence electrons. The van der Waals surface area contributed by atoms with Crippen LogP contribution < -0.4 is 9.46 Å². The maximum Gasteiger partial charge on any atom is 0.257 e. The van der Waals surface area contributed by atoms with E-state index in [4.69, 9.17) is 4.74 Å². The summed E-state index contributed by atoms with van der Waals surface area (Å²) in [4.78, 5) is 14.4. The maximum atomic E-state index is 12.7. The van der Waals surface area contributed by atoms with Crippen LogP contribution in [0, 0.1) is 0 Å². The molecule has 0 aromatic heterocycles. The summed E-state index contributed by atoms with van der Waals surface area (Å²) in [5, 5.41) is 0. The van der Waals surface area contributed by atoms with Gasteiger partial charge in [0.2, 0.25) is 10.0 Å². The number of ether oxygens (including phenoxy) is 1. The number of para-hydroxylation sites is 1. The quantitative estimate of drug-likeness (QED) is 0.883. The predicted octanol–water partition coefficient (Wildman–Crippen LogP) is 1.24. The van der Waals surface area contributed by atoms with Gasteiger partial charge in [-0.3, -0.25) is 4.79 Å². The Labute approximate surface area is 131 Å². The minimum absolute atomic E-state index is 0.121. The van der Waals surface area contributed by atoms with Gasteiger partial charge in [0, 0.05) is 19.1 Å². The highest BCUT2D eigenvalue weighted by molar-refractivity contribution is 7.88. The molecule has 1 aliphatic heterocycles. The number of amides is 1. The summed E-state index contributed by atoms with van der Waals surface area (Å²) in [5.41, 5.74) is 0.518. The van der Waals surface area contributed by atoms with E-state index in [-0.39, 0.29) is 11.9 Å². The summed E-state index contributed by atoms with van der Waals surface area (Å²) in [6, 6.07) is 6.90. The third-order valence-corrected chi connectivity index (χ3v) is 4.27. The monoisotopic (exact) mass is 326 g/mol. The van der Waals surface area contributed by atoms with E-state index in [1.54, 1.807) is 23.1 Å². The molecule has 0 aliphatic carbocycles. The van der Waals surface area contributed by atoms with Gasteiger partial charge in [0.15, 0.2) is 0 Å². The first-order valence-electron chi connectivity index (χ1n) is 7.39. The number of nitrogens with zero attached hydrogens (tertiary/aromatic N) is 1. The number of piperidine rings is 1. The zero-order chi connectivity index (χ0) is 16.2. The Kier molecular flexibility index (Phi) is 5.42. The van der Waals surface area contributed by atoms with Crippen molar-refractivity contribution in [1.29, 1.82) is 0 Å². The van der Waals surface area contributed by atoms with Crippen LogP contribution in [-0.4, -0.2) is 51.2 Å². The summed E-state index contributed by atoms with van der Waals surface area (Å²) in [7, 11) is -3.27. The van der Waals surface area contributed by atoms with E-state index >= 15 is 0 Å². The van der Waals surface area contributed by atoms with Crippen LogP contribution in [0.5, 0.6) is 5.75 Å². The summed E-state index contributed by atoms with van der Waals surface area (Å²) >= 11 is 0. The highest BCUT2D eigenvalue weighted by Crippen LogP contribution is 2.22. The fourth-order valence-electron chi connectivity index (χ4n) is 2.66. The lowest BCUT2D eigenvalue weighted by molar-refractivity contribution is 0.0699. The van der Waals surface area contributed by atoms with Crippen LogP contribution in [0.4, 0.5) is 0 Å². The number of carbonyl (C=O) groups excluding carboxylic acids is 1. The second kappa shape index (κ2) is 7.11. The number of benzene rings is 1. The van der Waals surface area contributed by atoms with Crippen molar-refractivity contribution in [2.24, 2.45) is 0 Å². The van der Waals surface area contributed by atoms with E-state index in [1.807, 2.05) is 13.0 Å². The van der Waals surface area contributed by atoms with Crippen molar-refractivity contribution >= 4 is 15.9 Å². The standard InChI is InChI=1S/C15H22N2O4S/c1-3-21-14-9-5-4-8-13(14)15(18)17-10-6-7-12(11-17)16-22(2,19)20/h4-5,8-9,12,16H,3,6-7,10-11H2,1-2H3/t12-/m0/s1. The molecule has 0 saturated carbocycles. The Hall–Kier alpha value is -1.60. The third kappa shape index (κ3) is 4.45. The zero-order valence-corrected chi connectivity index (χ0v) is 13.7. The lowest BCUT2D eigenvalue weighted by Gasteiger charge is -2.33. The molecule has 2 rings (SSSR count). The predicted molar refractivity (Wildman–Crippen MR) is 84.5 cm³/mol. The molecule has 0 spiro atoms. The number of rotatable bonds is 5. The minimum atomic E-state index is -3.27. The third-order valence-electron chi connectivity index (χ3n) is 3.51. The zero-order valence-electron chi connectivity index (χ0n) is 12.9. The van der Waals surface area contributed by atoms with Crippen molar-refractivity contribution in [3.8, 4) is 5.75 Å². The number of hydrogen-bond donors (Lipinski definition) is 1. The Morgan fingerprint density at radius 1 is 1.41 bits per heavy atom. The van der Waals surface area contributed by atoms with Gasteiger partial charge in [-0.15, -0.1) is 0 Å². The van der Waals surface area contributed by atoms with Crippen molar-refractivity contribution in [3.63, 3.8) is 0 Å². The molecule has 1 heterocycles. The van der Waals surface area contributed by atoms with Gasteiger partial charge in [0.25, 0.3) is 5.91 Å².